The van der Waals surface area contributed by atoms with Crippen molar-refractivity contribution in [2.45, 2.75) is 39.0 Å². The second-order valence-electron chi connectivity index (χ2n) is 8.31. The first-order valence-electron chi connectivity index (χ1n) is 10.5. The third-order valence-electron chi connectivity index (χ3n) is 6.45. The van der Waals surface area contributed by atoms with Crippen LogP contribution in [0.1, 0.15) is 48.7 Å². The summed E-state index contributed by atoms with van der Waals surface area (Å²) in [4.78, 5) is 20.1. The molecule has 2 saturated heterocycles. The monoisotopic (exact) mass is 394 g/mol. The largest absolute Gasteiger partial charge is 0.463 e. The number of fused-ring (bicyclic) bond motifs is 1. The van der Waals surface area contributed by atoms with E-state index in [0.717, 1.165) is 62.9 Å². The van der Waals surface area contributed by atoms with E-state index in [0.29, 0.717) is 28.1 Å². The molecule has 5 heterocycles. The van der Waals surface area contributed by atoms with Crippen molar-refractivity contribution in [3.63, 3.8) is 0 Å². The van der Waals surface area contributed by atoms with Gasteiger partial charge >= 0.3 is 0 Å². The molecule has 2 fully saturated rings. The molecule has 5 rings (SSSR count). The summed E-state index contributed by atoms with van der Waals surface area (Å²) in [7, 11) is 0. The van der Waals surface area contributed by atoms with Gasteiger partial charge in [-0.25, -0.2) is 4.98 Å². The maximum Gasteiger partial charge on any atom is 0.259 e. The maximum atomic E-state index is 13.6. The highest BCUT2D eigenvalue weighted by Gasteiger charge is 2.38. The van der Waals surface area contributed by atoms with Crippen LogP contribution in [0.25, 0.3) is 22.6 Å². The van der Waals surface area contributed by atoms with Crippen LogP contribution >= 0.6 is 0 Å². The SMILES string of the molecule is CCCc1noc2nc(-c3ccco3)cc(C(=O)N3CCC4(CCNC4)CC3)c12. The maximum absolute atomic E-state index is 13.6. The van der Waals surface area contributed by atoms with Crippen LogP contribution in [0.2, 0.25) is 0 Å². The minimum absolute atomic E-state index is 0.0339. The highest BCUT2D eigenvalue weighted by molar-refractivity contribution is 6.07. The second-order valence-corrected chi connectivity index (χ2v) is 8.31. The average molecular weight is 394 g/mol. The minimum atomic E-state index is 0.0339. The number of hydrogen-bond acceptors (Lipinski definition) is 6. The van der Waals surface area contributed by atoms with Gasteiger partial charge in [-0.2, -0.15) is 0 Å². The van der Waals surface area contributed by atoms with Gasteiger partial charge in [-0.15, -0.1) is 0 Å². The first kappa shape index (κ1) is 18.4. The smallest absolute Gasteiger partial charge is 0.259 e. The van der Waals surface area contributed by atoms with Crippen molar-refractivity contribution in [1.29, 1.82) is 0 Å². The molecular formula is C22H26N4O3. The molecule has 3 aromatic rings. The molecule has 1 N–H and O–H groups in total. The molecule has 3 aromatic heterocycles. The number of carbonyl (C=O) groups is 1. The molecule has 0 bridgehead atoms. The van der Waals surface area contributed by atoms with Gasteiger partial charge in [0.25, 0.3) is 11.6 Å². The first-order chi connectivity index (χ1) is 14.2. The number of carbonyl (C=O) groups excluding carboxylic acids is 1. The van der Waals surface area contributed by atoms with Crippen molar-refractivity contribution in [2.24, 2.45) is 5.41 Å². The predicted octanol–water partition coefficient (Wildman–Crippen LogP) is 3.65. The Morgan fingerprint density at radius 2 is 2.17 bits per heavy atom. The lowest BCUT2D eigenvalue weighted by Crippen LogP contribution is -2.44. The fraction of sp³-hybridized carbons (Fsp3) is 0.500. The van der Waals surface area contributed by atoms with E-state index in [4.69, 9.17) is 8.94 Å². The van der Waals surface area contributed by atoms with Crippen molar-refractivity contribution < 1.29 is 13.7 Å². The number of pyridine rings is 1. The lowest BCUT2D eigenvalue weighted by atomic mass is 9.77. The Hall–Kier alpha value is -2.67. The highest BCUT2D eigenvalue weighted by atomic mass is 16.5. The number of piperidine rings is 1. The van der Waals surface area contributed by atoms with Crippen LogP contribution in [-0.2, 0) is 6.42 Å². The molecule has 1 spiro atoms. The molecule has 0 radical (unpaired) electrons. The molecule has 2 aliphatic heterocycles. The fourth-order valence-corrected chi connectivity index (χ4v) is 4.71. The van der Waals surface area contributed by atoms with Gasteiger partial charge in [-0.1, -0.05) is 18.5 Å². The zero-order valence-electron chi connectivity index (χ0n) is 16.7. The Bertz CT molecular complexity index is 1010. The van der Waals surface area contributed by atoms with Crippen LogP contribution in [0.5, 0.6) is 0 Å². The number of nitrogens with zero attached hydrogens (tertiary/aromatic N) is 3. The van der Waals surface area contributed by atoms with Gasteiger partial charge in [-0.3, -0.25) is 4.79 Å². The fourth-order valence-electron chi connectivity index (χ4n) is 4.71. The van der Waals surface area contributed by atoms with E-state index in [1.807, 2.05) is 23.1 Å². The Morgan fingerprint density at radius 3 is 2.86 bits per heavy atom. The number of nitrogens with one attached hydrogen (secondary N) is 1. The van der Waals surface area contributed by atoms with Gasteiger partial charge in [-0.05, 0) is 55.8 Å². The summed E-state index contributed by atoms with van der Waals surface area (Å²) in [5, 5.41) is 8.43. The molecule has 152 valence electrons. The zero-order valence-corrected chi connectivity index (χ0v) is 16.7. The lowest BCUT2D eigenvalue weighted by molar-refractivity contribution is 0.0609. The van der Waals surface area contributed by atoms with Gasteiger partial charge in [0, 0.05) is 19.6 Å². The number of rotatable bonds is 4. The number of furan rings is 1. The lowest BCUT2D eigenvalue weighted by Gasteiger charge is -2.39. The summed E-state index contributed by atoms with van der Waals surface area (Å²) < 4.78 is 11.0. The molecule has 29 heavy (non-hydrogen) atoms. The van der Waals surface area contributed by atoms with Crippen molar-refractivity contribution in [1.82, 2.24) is 20.4 Å². The van der Waals surface area contributed by atoms with E-state index in [-0.39, 0.29) is 5.91 Å². The molecule has 0 unspecified atom stereocenters. The molecule has 0 saturated carbocycles. The summed E-state index contributed by atoms with van der Waals surface area (Å²) in [6, 6.07) is 5.48. The Labute approximate surface area is 169 Å². The van der Waals surface area contributed by atoms with Crippen LogP contribution in [-0.4, -0.2) is 47.1 Å². The van der Waals surface area contributed by atoms with Crippen molar-refractivity contribution >= 4 is 17.0 Å². The third-order valence-corrected chi connectivity index (χ3v) is 6.45. The topological polar surface area (TPSA) is 84.4 Å². The van der Waals surface area contributed by atoms with E-state index < -0.39 is 0 Å². The summed E-state index contributed by atoms with van der Waals surface area (Å²) in [6.07, 6.45) is 6.60. The quantitative estimate of drug-likeness (QED) is 0.727. The van der Waals surface area contributed by atoms with Gasteiger partial charge in [0.05, 0.1) is 22.9 Å². The molecule has 2 aliphatic rings. The van der Waals surface area contributed by atoms with E-state index in [2.05, 4.69) is 22.4 Å². The minimum Gasteiger partial charge on any atom is -0.463 e. The summed E-state index contributed by atoms with van der Waals surface area (Å²) >= 11 is 0. The molecule has 1 amide bonds. The normalized spacial score (nSPS) is 18.7. The Morgan fingerprint density at radius 1 is 1.31 bits per heavy atom. The predicted molar refractivity (Wildman–Crippen MR) is 109 cm³/mol. The number of likely N-dealkylation sites (tertiary alicyclic amines) is 1. The van der Waals surface area contributed by atoms with Gasteiger partial charge < -0.3 is 19.2 Å². The summed E-state index contributed by atoms with van der Waals surface area (Å²) in [6.45, 7) is 5.83. The summed E-state index contributed by atoms with van der Waals surface area (Å²) in [5.41, 5.74) is 2.79. The van der Waals surface area contributed by atoms with Crippen molar-refractivity contribution in [3.8, 4) is 11.5 Å². The van der Waals surface area contributed by atoms with Crippen LogP contribution < -0.4 is 5.32 Å². The van der Waals surface area contributed by atoms with Gasteiger partial charge in [0.1, 0.15) is 5.69 Å². The Balaban J connectivity index is 1.51. The average Bonchev–Trinajstić information content (AvgIpc) is 3.50. The summed E-state index contributed by atoms with van der Waals surface area (Å²) in [5.74, 6) is 0.649. The van der Waals surface area contributed by atoms with Crippen LogP contribution in [0, 0.1) is 5.41 Å². The molecule has 0 aromatic carbocycles. The van der Waals surface area contributed by atoms with E-state index in [1.54, 1.807) is 6.26 Å². The second kappa shape index (κ2) is 7.30. The van der Waals surface area contributed by atoms with E-state index >= 15 is 0 Å². The molecular weight excluding hydrogens is 368 g/mol. The van der Waals surface area contributed by atoms with Crippen molar-refractivity contribution in [3.05, 3.63) is 35.7 Å². The third kappa shape index (κ3) is 3.23. The highest BCUT2D eigenvalue weighted by Crippen LogP contribution is 2.38. The number of hydrogen-bond donors (Lipinski definition) is 1. The number of aryl methyl sites for hydroxylation is 1. The zero-order chi connectivity index (χ0) is 19.8. The number of amides is 1. The van der Waals surface area contributed by atoms with E-state index in [1.165, 1.54) is 6.42 Å². The molecule has 7 nitrogen and oxygen atoms in total. The Kier molecular flexibility index (Phi) is 4.62. The molecule has 7 heteroatoms. The van der Waals surface area contributed by atoms with Gasteiger partial charge in [0.2, 0.25) is 0 Å². The van der Waals surface area contributed by atoms with E-state index in [9.17, 15) is 4.79 Å². The molecule has 0 atom stereocenters. The first-order valence-corrected chi connectivity index (χ1v) is 10.5. The van der Waals surface area contributed by atoms with Crippen LogP contribution in [0.4, 0.5) is 0 Å². The van der Waals surface area contributed by atoms with Crippen LogP contribution in [0.3, 0.4) is 0 Å². The molecule has 0 aliphatic carbocycles. The van der Waals surface area contributed by atoms with Crippen molar-refractivity contribution in [2.75, 3.05) is 26.2 Å². The van der Waals surface area contributed by atoms with Crippen LogP contribution in [0.15, 0.2) is 33.4 Å². The van der Waals surface area contributed by atoms with Gasteiger partial charge in [0.15, 0.2) is 5.76 Å². The number of aromatic nitrogens is 2. The standard InChI is InChI=1S/C22H26N4O3/c1-2-4-16-19-15(13-17(18-5-3-12-28-18)24-20(19)29-25-16)21(27)26-10-7-22(8-11-26)6-9-23-14-22/h3,5,12-13,23H,2,4,6-11,14H2,1H3.